The maximum atomic E-state index is 12.3. The van der Waals surface area contributed by atoms with Crippen molar-refractivity contribution in [1.82, 2.24) is 15.5 Å². The minimum atomic E-state index is -0.0988. The smallest absolute Gasteiger partial charge is 0.237 e. The summed E-state index contributed by atoms with van der Waals surface area (Å²) in [6.45, 7) is 3.69. The number of carbonyl (C=O) groups excluding carboxylic acids is 1. The van der Waals surface area contributed by atoms with E-state index in [1.54, 1.807) is 0 Å². The molecule has 1 amide bonds. The number of rotatable bonds is 5. The van der Waals surface area contributed by atoms with Crippen LogP contribution in [0.5, 0.6) is 0 Å². The molecule has 1 aromatic carbocycles. The van der Waals surface area contributed by atoms with Crippen LogP contribution in [0.1, 0.15) is 30.9 Å². The molecule has 2 atom stereocenters. The molecular weight excluding hydrogens is 262 g/mol. The van der Waals surface area contributed by atoms with Gasteiger partial charge < -0.3 is 10.6 Å². The lowest BCUT2D eigenvalue weighted by molar-refractivity contribution is -0.123. The molecule has 1 aromatic rings. The molecule has 0 aromatic heterocycles. The quantitative estimate of drug-likeness (QED) is 0.858. The molecule has 0 radical (unpaired) electrons. The molecule has 2 aliphatic rings. The van der Waals surface area contributed by atoms with Gasteiger partial charge in [-0.3, -0.25) is 9.69 Å². The maximum absolute atomic E-state index is 12.3. The predicted octanol–water partition coefficient (Wildman–Crippen LogP) is 1.30. The molecule has 2 N–H and O–H groups in total. The van der Waals surface area contributed by atoms with E-state index in [0.29, 0.717) is 6.04 Å². The topological polar surface area (TPSA) is 44.4 Å². The van der Waals surface area contributed by atoms with Crippen molar-refractivity contribution in [2.24, 2.45) is 0 Å². The number of hydrogen-bond acceptors (Lipinski definition) is 3. The van der Waals surface area contributed by atoms with Crippen LogP contribution >= 0.6 is 0 Å². The molecule has 3 rings (SSSR count). The summed E-state index contributed by atoms with van der Waals surface area (Å²) in [7, 11) is 2.16. The van der Waals surface area contributed by atoms with Crippen molar-refractivity contribution in [2.75, 3.05) is 13.6 Å². The predicted molar refractivity (Wildman–Crippen MR) is 84.0 cm³/mol. The first-order valence-corrected chi connectivity index (χ1v) is 7.95. The van der Waals surface area contributed by atoms with Gasteiger partial charge in [-0.25, -0.2) is 0 Å². The van der Waals surface area contributed by atoms with E-state index in [9.17, 15) is 4.79 Å². The normalized spacial score (nSPS) is 22.7. The summed E-state index contributed by atoms with van der Waals surface area (Å²) in [5, 5.41) is 6.44. The highest BCUT2D eigenvalue weighted by atomic mass is 16.2. The fourth-order valence-corrected chi connectivity index (χ4v) is 3.00. The molecule has 0 bridgehead atoms. The Hall–Kier alpha value is -1.39. The summed E-state index contributed by atoms with van der Waals surface area (Å²) >= 11 is 0. The van der Waals surface area contributed by atoms with Gasteiger partial charge in [0.25, 0.3) is 0 Å². The van der Waals surface area contributed by atoms with Gasteiger partial charge in [0.05, 0.1) is 6.04 Å². The van der Waals surface area contributed by atoms with E-state index < -0.39 is 0 Å². The van der Waals surface area contributed by atoms with Crippen molar-refractivity contribution < 1.29 is 4.79 Å². The minimum Gasteiger partial charge on any atom is -0.353 e. The molecule has 1 saturated carbocycles. The third kappa shape index (κ3) is 3.44. The van der Waals surface area contributed by atoms with Crippen LogP contribution in [0.4, 0.5) is 0 Å². The second-order valence-electron chi connectivity index (χ2n) is 6.40. The van der Waals surface area contributed by atoms with E-state index in [-0.39, 0.29) is 11.9 Å². The molecule has 114 valence electrons. The van der Waals surface area contributed by atoms with Crippen LogP contribution in [-0.2, 0) is 17.8 Å². The molecule has 1 heterocycles. The van der Waals surface area contributed by atoms with E-state index in [1.165, 1.54) is 24.0 Å². The van der Waals surface area contributed by atoms with E-state index in [0.717, 1.165) is 25.6 Å². The standard InChI is InChI=1S/C17H25N3O/c1-12(20(2)15-7-8-15)10-19-17(21)16-9-13-5-3-4-6-14(13)11-18-16/h3-6,12,15-16,18H,7-11H2,1-2H3,(H,19,21). The number of nitrogens with zero attached hydrogens (tertiary/aromatic N) is 1. The second kappa shape index (κ2) is 6.16. The van der Waals surface area contributed by atoms with E-state index in [4.69, 9.17) is 0 Å². The number of fused-ring (bicyclic) bond motifs is 1. The average Bonchev–Trinajstić information content (AvgIpc) is 3.35. The summed E-state index contributed by atoms with van der Waals surface area (Å²) in [5.41, 5.74) is 2.60. The fourth-order valence-electron chi connectivity index (χ4n) is 3.00. The van der Waals surface area contributed by atoms with Crippen LogP contribution in [0.25, 0.3) is 0 Å². The van der Waals surface area contributed by atoms with Gasteiger partial charge in [-0.2, -0.15) is 0 Å². The van der Waals surface area contributed by atoms with Gasteiger partial charge in [0, 0.05) is 25.2 Å². The fraction of sp³-hybridized carbons (Fsp3) is 0.588. The average molecular weight is 287 g/mol. The molecule has 1 aliphatic carbocycles. The first kappa shape index (κ1) is 14.5. The van der Waals surface area contributed by atoms with Crippen molar-refractivity contribution >= 4 is 5.91 Å². The zero-order valence-corrected chi connectivity index (χ0v) is 12.9. The zero-order valence-electron chi connectivity index (χ0n) is 12.9. The Balaban J connectivity index is 1.50. The van der Waals surface area contributed by atoms with Crippen LogP contribution in [0.15, 0.2) is 24.3 Å². The Labute approximate surface area is 126 Å². The Morgan fingerprint density at radius 3 is 2.81 bits per heavy atom. The number of amides is 1. The van der Waals surface area contributed by atoms with E-state index in [1.807, 2.05) is 6.07 Å². The lowest BCUT2D eigenvalue weighted by atomic mass is 9.95. The highest BCUT2D eigenvalue weighted by molar-refractivity contribution is 5.82. The molecular formula is C17H25N3O. The molecule has 4 heteroatoms. The third-order valence-corrected chi connectivity index (χ3v) is 4.79. The highest BCUT2D eigenvalue weighted by Gasteiger charge is 2.30. The van der Waals surface area contributed by atoms with Crippen molar-refractivity contribution in [3.05, 3.63) is 35.4 Å². The van der Waals surface area contributed by atoms with Crippen LogP contribution < -0.4 is 10.6 Å². The van der Waals surface area contributed by atoms with Gasteiger partial charge in [-0.1, -0.05) is 24.3 Å². The van der Waals surface area contributed by atoms with Gasteiger partial charge in [0.15, 0.2) is 0 Å². The monoisotopic (exact) mass is 287 g/mol. The van der Waals surface area contributed by atoms with Crippen molar-refractivity contribution in [3.8, 4) is 0 Å². The Bertz CT molecular complexity index is 513. The first-order valence-electron chi connectivity index (χ1n) is 7.95. The van der Waals surface area contributed by atoms with Gasteiger partial charge in [0.1, 0.15) is 0 Å². The van der Waals surface area contributed by atoms with Crippen molar-refractivity contribution in [3.63, 3.8) is 0 Å². The SMILES string of the molecule is CC(CNC(=O)C1Cc2ccccc2CN1)N(C)C1CC1. The minimum absolute atomic E-state index is 0.0988. The van der Waals surface area contributed by atoms with Crippen LogP contribution in [0, 0.1) is 0 Å². The summed E-state index contributed by atoms with van der Waals surface area (Å²) in [6.07, 6.45) is 3.39. The number of carbonyl (C=O) groups is 1. The maximum Gasteiger partial charge on any atom is 0.237 e. The number of likely N-dealkylation sites (N-methyl/N-ethyl adjacent to an activating group) is 1. The van der Waals surface area contributed by atoms with E-state index in [2.05, 4.69) is 47.7 Å². The van der Waals surface area contributed by atoms with E-state index >= 15 is 0 Å². The largest absolute Gasteiger partial charge is 0.353 e. The number of hydrogen-bond donors (Lipinski definition) is 2. The molecule has 1 fully saturated rings. The van der Waals surface area contributed by atoms with Crippen molar-refractivity contribution in [2.45, 2.75) is 50.9 Å². The first-order chi connectivity index (χ1) is 10.1. The Kier molecular flexibility index (Phi) is 4.27. The van der Waals surface area contributed by atoms with Gasteiger partial charge in [0.2, 0.25) is 5.91 Å². The van der Waals surface area contributed by atoms with Gasteiger partial charge in [-0.15, -0.1) is 0 Å². The number of benzene rings is 1. The van der Waals surface area contributed by atoms with Crippen LogP contribution in [-0.4, -0.2) is 42.5 Å². The van der Waals surface area contributed by atoms with Crippen LogP contribution in [0.3, 0.4) is 0 Å². The molecule has 4 nitrogen and oxygen atoms in total. The molecule has 0 saturated heterocycles. The molecule has 0 spiro atoms. The van der Waals surface area contributed by atoms with Crippen LogP contribution in [0.2, 0.25) is 0 Å². The highest BCUT2D eigenvalue weighted by Crippen LogP contribution is 2.26. The third-order valence-electron chi connectivity index (χ3n) is 4.79. The van der Waals surface area contributed by atoms with Gasteiger partial charge in [-0.05, 0) is 44.4 Å². The van der Waals surface area contributed by atoms with Crippen molar-refractivity contribution in [1.29, 1.82) is 0 Å². The summed E-state index contributed by atoms with van der Waals surface area (Å²) in [4.78, 5) is 14.7. The summed E-state index contributed by atoms with van der Waals surface area (Å²) in [5.74, 6) is 0.126. The second-order valence-corrected chi connectivity index (χ2v) is 6.40. The molecule has 21 heavy (non-hydrogen) atoms. The van der Waals surface area contributed by atoms with Gasteiger partial charge >= 0.3 is 0 Å². The lowest BCUT2D eigenvalue weighted by Crippen LogP contribution is -2.50. The molecule has 2 unspecified atom stereocenters. The molecule has 1 aliphatic heterocycles. The lowest BCUT2D eigenvalue weighted by Gasteiger charge is -2.28. The Morgan fingerprint density at radius 2 is 2.10 bits per heavy atom. The zero-order chi connectivity index (χ0) is 14.8. The number of nitrogens with one attached hydrogen (secondary N) is 2. The Morgan fingerprint density at radius 1 is 1.38 bits per heavy atom. The summed E-state index contributed by atoms with van der Waals surface area (Å²) < 4.78 is 0. The summed E-state index contributed by atoms with van der Waals surface area (Å²) in [6, 6.07) is 9.39.